The number of fused-ring (bicyclic) bond motifs is 1. The Hall–Kier alpha value is -6.75. The average molecular weight is 1170 g/mol. The summed E-state index contributed by atoms with van der Waals surface area (Å²) in [4.78, 5) is 57.9. The Kier molecular flexibility index (Phi) is 15.9. The van der Waals surface area contributed by atoms with Crippen LogP contribution in [0, 0.1) is 28.0 Å². The lowest BCUT2D eigenvalue weighted by Gasteiger charge is -2.32. The van der Waals surface area contributed by atoms with Crippen LogP contribution in [-0.2, 0) is 22.6 Å². The predicted octanol–water partition coefficient (Wildman–Crippen LogP) is 11.3. The second kappa shape index (κ2) is 22.3. The SMILES string of the molecule is COc1ccc(CN(Cc2ccc(OC)cc2)c2cc(C)c(I)c(-c3nc4c5c(nc(OC[C@H]6C7CCCN7C[C@@H]6F)nc5c3F)N([C@H](C)c3nccnc3N(C(=O)OC(C)(C)C)C(=O)OC(C)(C)C)CCO4)c2F)cc1. The van der Waals surface area contributed by atoms with Crippen LogP contribution in [0.25, 0.3) is 22.2 Å². The third-order valence-electron chi connectivity index (χ3n) is 13.7. The van der Waals surface area contributed by atoms with Gasteiger partial charge >= 0.3 is 18.2 Å². The number of pyridine rings is 1. The van der Waals surface area contributed by atoms with Gasteiger partial charge in [0.15, 0.2) is 17.5 Å². The lowest BCUT2D eigenvalue weighted by Crippen LogP contribution is -2.45. The molecule has 3 aliphatic rings. The zero-order valence-electron chi connectivity index (χ0n) is 44.8. The van der Waals surface area contributed by atoms with Crippen LogP contribution in [-0.4, -0.2) is 112 Å². The van der Waals surface area contributed by atoms with Crippen LogP contribution in [0.5, 0.6) is 23.4 Å². The first-order valence-corrected chi connectivity index (χ1v) is 26.6. The number of alkyl halides is 1. The molecule has 3 aromatic carbocycles. The minimum atomic E-state index is -1.17. The quantitative estimate of drug-likeness (QED) is 0.0944. The Labute approximate surface area is 459 Å². The lowest BCUT2D eigenvalue weighted by atomic mass is 9.98. The van der Waals surface area contributed by atoms with E-state index in [1.807, 2.05) is 82.9 Å². The van der Waals surface area contributed by atoms with Gasteiger partial charge < -0.3 is 38.2 Å². The summed E-state index contributed by atoms with van der Waals surface area (Å²) in [7, 11) is 3.17. The van der Waals surface area contributed by atoms with E-state index in [9.17, 15) is 9.59 Å². The summed E-state index contributed by atoms with van der Waals surface area (Å²) in [5.41, 5.74) is -0.160. The van der Waals surface area contributed by atoms with Crippen molar-refractivity contribution in [1.29, 1.82) is 0 Å². The van der Waals surface area contributed by atoms with Crippen molar-refractivity contribution in [2.75, 3.05) is 61.8 Å². The predicted molar refractivity (Wildman–Crippen MR) is 293 cm³/mol. The van der Waals surface area contributed by atoms with Crippen molar-refractivity contribution in [1.82, 2.24) is 29.8 Å². The van der Waals surface area contributed by atoms with Gasteiger partial charge in [-0.1, -0.05) is 24.3 Å². The molecule has 6 aromatic rings. The summed E-state index contributed by atoms with van der Waals surface area (Å²) >= 11 is 2.01. The second-order valence-electron chi connectivity index (χ2n) is 21.4. The van der Waals surface area contributed by atoms with Gasteiger partial charge in [-0.05, 0) is 144 Å². The van der Waals surface area contributed by atoms with Gasteiger partial charge in [-0.2, -0.15) is 14.9 Å². The van der Waals surface area contributed by atoms with E-state index >= 15 is 13.2 Å². The fourth-order valence-corrected chi connectivity index (χ4v) is 10.7. The van der Waals surface area contributed by atoms with Crippen LogP contribution in [0.3, 0.4) is 0 Å². The number of halogens is 4. The fourth-order valence-electron chi connectivity index (χ4n) is 10.1. The van der Waals surface area contributed by atoms with Gasteiger partial charge in [0.25, 0.3) is 0 Å². The standard InChI is InChI=1S/C56H63F3IN9O8/c1-31-26-40(67(27-33-13-17-35(72-9)18-14-33)28-34-15-19-36(73-10)20-16-34)43(58)41(45(31)60)47-44(59)48-42-49(65-52(64-48)75-30-37-38(57)29-66-23-11-12-39(37)66)68(24-25-74-51(42)63-47)32(2)46-50(62-22-21-61-46)69(53(70)76-55(3,4)5)54(71)77-56(6,7)8/h13-22,26,32,37-39H,11-12,23-25,27-30H2,1-10H3/t32-,37-,38+,39?/m1/s1. The molecule has 0 radical (unpaired) electrons. The van der Waals surface area contributed by atoms with Crippen molar-refractivity contribution in [2.45, 2.75) is 111 Å². The van der Waals surface area contributed by atoms with Crippen LogP contribution in [0.1, 0.15) is 89.7 Å². The monoisotopic (exact) mass is 1170 g/mol. The van der Waals surface area contributed by atoms with E-state index in [-0.39, 0.29) is 103 Å². The summed E-state index contributed by atoms with van der Waals surface area (Å²) in [6.45, 7) is 15.0. The number of hydrogen-bond acceptors (Lipinski definition) is 16. The molecule has 0 bridgehead atoms. The van der Waals surface area contributed by atoms with Gasteiger partial charge in [0.2, 0.25) is 5.88 Å². The molecule has 2 fully saturated rings. The van der Waals surface area contributed by atoms with Gasteiger partial charge in [-0.25, -0.2) is 32.7 Å². The first kappa shape index (κ1) is 55.0. The summed E-state index contributed by atoms with van der Waals surface area (Å²) in [5, 5.41) is 0.0275. The molecule has 1 unspecified atom stereocenters. The molecule has 0 aliphatic carbocycles. The molecule has 17 nitrogen and oxygen atoms in total. The lowest BCUT2D eigenvalue weighted by molar-refractivity contribution is 0.0428. The highest BCUT2D eigenvalue weighted by Crippen LogP contribution is 2.46. The number of methoxy groups -OCH3 is 2. The van der Waals surface area contributed by atoms with E-state index in [4.69, 9.17) is 38.4 Å². The molecule has 0 N–H and O–H groups in total. The number of imide groups is 1. The third kappa shape index (κ3) is 11.8. The van der Waals surface area contributed by atoms with Crippen LogP contribution >= 0.6 is 22.6 Å². The summed E-state index contributed by atoms with van der Waals surface area (Å²) in [5.74, 6) is -1.11. The smallest absolute Gasteiger partial charge is 0.425 e. The number of aromatic nitrogens is 5. The van der Waals surface area contributed by atoms with Gasteiger partial charge in [0, 0.05) is 47.6 Å². The molecule has 9 rings (SSSR count). The molecule has 3 aromatic heterocycles. The molecular weight excluding hydrogens is 1110 g/mol. The molecule has 21 heteroatoms. The van der Waals surface area contributed by atoms with Crippen molar-refractivity contribution in [3.63, 3.8) is 0 Å². The number of anilines is 3. The number of carbonyl (C=O) groups excluding carboxylic acids is 2. The van der Waals surface area contributed by atoms with E-state index in [0.29, 0.717) is 25.5 Å². The first-order chi connectivity index (χ1) is 36.6. The van der Waals surface area contributed by atoms with E-state index in [1.54, 1.807) is 73.7 Å². The minimum Gasteiger partial charge on any atom is -0.497 e. The molecule has 4 atom stereocenters. The number of carbonyl (C=O) groups is 2. The number of benzene rings is 3. The Morgan fingerprint density at radius 3 is 2.06 bits per heavy atom. The Balaban J connectivity index is 1.19. The molecule has 0 saturated carbocycles. The number of rotatable bonds is 14. The molecule has 3 aliphatic heterocycles. The topological polar surface area (TPSA) is 167 Å². The van der Waals surface area contributed by atoms with Gasteiger partial charge in [0.1, 0.15) is 63.6 Å². The van der Waals surface area contributed by atoms with Crippen molar-refractivity contribution < 1.29 is 51.2 Å². The number of amides is 2. The molecule has 6 heterocycles. The summed E-state index contributed by atoms with van der Waals surface area (Å²) in [6.07, 6.45) is 1.17. The second-order valence-corrected chi connectivity index (χ2v) is 22.5. The van der Waals surface area contributed by atoms with Gasteiger partial charge in [-0.3, -0.25) is 9.88 Å². The Bertz CT molecular complexity index is 3080. The van der Waals surface area contributed by atoms with Crippen LogP contribution in [0.2, 0.25) is 0 Å². The molecular formula is C56H63F3IN9O8. The molecule has 0 spiro atoms. The summed E-state index contributed by atoms with van der Waals surface area (Å²) < 4.78 is 87.3. The van der Waals surface area contributed by atoms with E-state index in [0.717, 1.165) is 30.5 Å². The Morgan fingerprint density at radius 2 is 1.47 bits per heavy atom. The Morgan fingerprint density at radius 1 is 0.857 bits per heavy atom. The van der Waals surface area contributed by atoms with Gasteiger partial charge in [-0.15, -0.1) is 0 Å². The first-order valence-electron chi connectivity index (χ1n) is 25.5. The normalized spacial score (nSPS) is 17.8. The van der Waals surface area contributed by atoms with Crippen molar-refractivity contribution >= 4 is 63.0 Å². The zero-order valence-corrected chi connectivity index (χ0v) is 47.0. The molecule has 77 heavy (non-hydrogen) atoms. The number of nitrogens with zero attached hydrogens (tertiary/aromatic N) is 9. The van der Waals surface area contributed by atoms with Crippen LogP contribution in [0.15, 0.2) is 67.0 Å². The van der Waals surface area contributed by atoms with E-state index in [1.165, 1.54) is 12.4 Å². The van der Waals surface area contributed by atoms with E-state index in [2.05, 4.69) is 19.9 Å². The zero-order chi connectivity index (χ0) is 55.1. The van der Waals surface area contributed by atoms with Crippen molar-refractivity contribution in [3.05, 3.63) is 105 Å². The van der Waals surface area contributed by atoms with E-state index < -0.39 is 53.2 Å². The third-order valence-corrected chi connectivity index (χ3v) is 15.1. The maximum absolute atomic E-state index is 18.2. The minimum absolute atomic E-state index is 0.0275. The molecule has 2 amide bonds. The number of hydrogen-bond donors (Lipinski definition) is 0. The maximum atomic E-state index is 18.2. The van der Waals surface area contributed by atoms with Gasteiger partial charge in [0.05, 0.1) is 44.7 Å². The summed E-state index contributed by atoms with van der Waals surface area (Å²) in [6, 6.07) is 15.5. The highest BCUT2D eigenvalue weighted by Gasteiger charge is 2.45. The highest BCUT2D eigenvalue weighted by atomic mass is 127. The van der Waals surface area contributed by atoms with Crippen LogP contribution in [0.4, 0.5) is 40.1 Å². The van der Waals surface area contributed by atoms with Crippen molar-refractivity contribution in [2.24, 2.45) is 5.92 Å². The number of aryl methyl sites for hydroxylation is 1. The highest BCUT2D eigenvalue weighted by molar-refractivity contribution is 14.1. The number of ether oxygens (including phenoxy) is 6. The largest absolute Gasteiger partial charge is 0.497 e. The molecule has 408 valence electrons. The fraction of sp³-hybridized carbons (Fsp3) is 0.446. The van der Waals surface area contributed by atoms with Crippen LogP contribution < -0.4 is 33.6 Å². The average Bonchev–Trinajstić information content (AvgIpc) is 3.90. The maximum Gasteiger partial charge on any atom is 0.425 e. The molecule has 2 saturated heterocycles. The van der Waals surface area contributed by atoms with Crippen molar-refractivity contribution in [3.8, 4) is 34.6 Å².